The van der Waals surface area contributed by atoms with Crippen LogP contribution in [-0.4, -0.2) is 14.3 Å². The maximum Gasteiger partial charge on any atom is 0.239 e. The van der Waals surface area contributed by atoms with Crippen LogP contribution in [0.1, 0.15) is 27.2 Å². The van der Waals surface area contributed by atoms with Gasteiger partial charge in [0.2, 0.25) is 15.9 Å². The Labute approximate surface area is 118 Å². The summed E-state index contributed by atoms with van der Waals surface area (Å²) in [4.78, 5) is 11.8. The van der Waals surface area contributed by atoms with Gasteiger partial charge in [-0.25, -0.2) is 13.6 Å². The highest BCUT2D eigenvalue weighted by molar-refractivity contribution is 7.89. The number of rotatable bonds is 4. The molecular weight excluding hydrogens is 288 g/mol. The molecule has 7 heteroatoms. The number of carbonyl (C=O) groups is 1. The van der Waals surface area contributed by atoms with Crippen LogP contribution in [0.25, 0.3) is 0 Å². The van der Waals surface area contributed by atoms with Gasteiger partial charge in [-0.15, -0.1) is 0 Å². The van der Waals surface area contributed by atoms with E-state index in [1.807, 2.05) is 20.8 Å². The lowest BCUT2D eigenvalue weighted by atomic mass is 9.89. The van der Waals surface area contributed by atoms with E-state index >= 15 is 0 Å². The minimum Gasteiger partial charge on any atom is -0.326 e. The molecule has 1 amide bonds. The number of amides is 1. The minimum atomic E-state index is -3.86. The number of nitrogens with two attached hydrogens (primary N) is 1. The highest BCUT2D eigenvalue weighted by atomic mass is 35.5. The second-order valence-corrected chi connectivity index (χ2v) is 6.82. The third kappa shape index (κ3) is 3.92. The average molecular weight is 305 g/mol. The summed E-state index contributed by atoms with van der Waals surface area (Å²) in [7, 11) is -3.86. The molecular formula is C12H17ClN2O3S. The Morgan fingerprint density at radius 3 is 2.42 bits per heavy atom. The van der Waals surface area contributed by atoms with E-state index in [1.165, 1.54) is 18.2 Å². The first-order valence-corrected chi connectivity index (χ1v) is 7.64. The number of nitrogens with one attached hydrogen (secondary N) is 1. The molecule has 0 saturated heterocycles. The second kappa shape index (κ2) is 5.48. The van der Waals surface area contributed by atoms with Crippen LogP contribution >= 0.6 is 11.6 Å². The largest absolute Gasteiger partial charge is 0.326 e. The van der Waals surface area contributed by atoms with Crippen LogP contribution in [0.3, 0.4) is 0 Å². The van der Waals surface area contributed by atoms with Gasteiger partial charge in [-0.1, -0.05) is 32.4 Å². The first-order chi connectivity index (χ1) is 8.58. The number of hydrogen-bond donors (Lipinski definition) is 2. The number of primary sulfonamides is 1. The van der Waals surface area contributed by atoms with Gasteiger partial charge in [-0.3, -0.25) is 4.79 Å². The molecule has 3 N–H and O–H groups in total. The van der Waals surface area contributed by atoms with E-state index in [1.54, 1.807) is 0 Å². The summed E-state index contributed by atoms with van der Waals surface area (Å²) in [6, 6.07) is 4.09. The molecule has 0 heterocycles. The smallest absolute Gasteiger partial charge is 0.239 e. The highest BCUT2D eigenvalue weighted by Gasteiger charge is 2.25. The molecule has 0 unspecified atom stereocenters. The number of halogens is 1. The first-order valence-electron chi connectivity index (χ1n) is 5.71. The zero-order chi connectivity index (χ0) is 14.8. The maximum absolute atomic E-state index is 12.0. The van der Waals surface area contributed by atoms with E-state index in [4.69, 9.17) is 16.7 Å². The quantitative estimate of drug-likeness (QED) is 0.895. The SMILES string of the molecule is CCC(C)(C)C(=O)Nc1ccc(S(N)(=O)=O)c(Cl)c1. The Bertz CT molecular complexity index is 597. The molecule has 0 aliphatic heterocycles. The molecule has 0 aliphatic rings. The van der Waals surface area contributed by atoms with Gasteiger partial charge in [0.05, 0.1) is 5.02 Å². The van der Waals surface area contributed by atoms with E-state index in [-0.39, 0.29) is 15.8 Å². The third-order valence-electron chi connectivity index (χ3n) is 2.99. The van der Waals surface area contributed by atoms with Gasteiger partial charge in [0.25, 0.3) is 0 Å². The zero-order valence-electron chi connectivity index (χ0n) is 11.0. The maximum atomic E-state index is 12.0. The van der Waals surface area contributed by atoms with E-state index in [0.29, 0.717) is 12.1 Å². The van der Waals surface area contributed by atoms with E-state index in [0.717, 1.165) is 0 Å². The minimum absolute atomic E-state index is 0.0189. The predicted octanol–water partition coefficient (Wildman–Crippen LogP) is 2.36. The van der Waals surface area contributed by atoms with Crippen molar-refractivity contribution in [2.75, 3.05) is 5.32 Å². The number of hydrogen-bond acceptors (Lipinski definition) is 3. The molecule has 0 spiro atoms. The van der Waals surface area contributed by atoms with E-state index in [9.17, 15) is 13.2 Å². The van der Waals surface area contributed by atoms with Gasteiger partial charge in [-0.2, -0.15) is 0 Å². The van der Waals surface area contributed by atoms with Crippen molar-refractivity contribution >= 4 is 33.2 Å². The Hall–Kier alpha value is -1.11. The van der Waals surface area contributed by atoms with Crippen LogP contribution in [0, 0.1) is 5.41 Å². The monoisotopic (exact) mass is 304 g/mol. The van der Waals surface area contributed by atoms with Gasteiger partial charge in [0.1, 0.15) is 4.90 Å². The lowest BCUT2D eigenvalue weighted by Gasteiger charge is -2.21. The number of anilines is 1. The predicted molar refractivity (Wildman–Crippen MR) is 75.5 cm³/mol. The van der Waals surface area contributed by atoms with Crippen LogP contribution in [0.4, 0.5) is 5.69 Å². The Morgan fingerprint density at radius 1 is 1.42 bits per heavy atom. The third-order valence-corrected chi connectivity index (χ3v) is 4.39. The molecule has 0 aliphatic carbocycles. The van der Waals surface area contributed by atoms with Gasteiger partial charge in [0.15, 0.2) is 0 Å². The van der Waals surface area contributed by atoms with Gasteiger partial charge >= 0.3 is 0 Å². The lowest BCUT2D eigenvalue weighted by Crippen LogP contribution is -2.30. The van der Waals surface area contributed by atoms with Crippen LogP contribution < -0.4 is 10.5 Å². The van der Waals surface area contributed by atoms with Crippen molar-refractivity contribution in [2.45, 2.75) is 32.1 Å². The zero-order valence-corrected chi connectivity index (χ0v) is 12.6. The Balaban J connectivity index is 3.01. The molecule has 1 rings (SSSR count). The fourth-order valence-electron chi connectivity index (χ4n) is 1.27. The lowest BCUT2D eigenvalue weighted by molar-refractivity contribution is -0.124. The standard InChI is InChI=1S/C12H17ClN2O3S/c1-4-12(2,3)11(16)15-8-5-6-10(9(13)7-8)19(14,17)18/h5-7H,4H2,1-3H3,(H,15,16)(H2,14,17,18). The molecule has 0 saturated carbocycles. The first kappa shape index (κ1) is 15.9. The molecule has 0 radical (unpaired) electrons. The molecule has 0 aromatic heterocycles. The molecule has 106 valence electrons. The molecule has 1 aromatic rings. The van der Waals surface area contributed by atoms with Crippen molar-refractivity contribution in [3.63, 3.8) is 0 Å². The normalized spacial score (nSPS) is 12.3. The van der Waals surface area contributed by atoms with Crippen molar-refractivity contribution < 1.29 is 13.2 Å². The molecule has 5 nitrogen and oxygen atoms in total. The molecule has 1 aromatic carbocycles. The molecule has 19 heavy (non-hydrogen) atoms. The van der Waals surface area contributed by atoms with Crippen LogP contribution in [0.15, 0.2) is 23.1 Å². The second-order valence-electron chi connectivity index (χ2n) is 4.88. The van der Waals surface area contributed by atoms with Crippen molar-refractivity contribution in [2.24, 2.45) is 10.6 Å². The van der Waals surface area contributed by atoms with Crippen LogP contribution in [0.5, 0.6) is 0 Å². The summed E-state index contributed by atoms with van der Waals surface area (Å²) in [6.45, 7) is 5.56. The van der Waals surface area contributed by atoms with Crippen molar-refractivity contribution in [1.29, 1.82) is 0 Å². The van der Waals surface area contributed by atoms with Crippen LogP contribution in [-0.2, 0) is 14.8 Å². The summed E-state index contributed by atoms with van der Waals surface area (Å²) < 4.78 is 22.4. The summed E-state index contributed by atoms with van der Waals surface area (Å²) in [6.07, 6.45) is 0.682. The highest BCUT2D eigenvalue weighted by Crippen LogP contribution is 2.26. The number of sulfonamides is 1. The molecule has 0 atom stereocenters. The summed E-state index contributed by atoms with van der Waals surface area (Å²) >= 11 is 5.84. The van der Waals surface area contributed by atoms with Gasteiger partial charge in [-0.05, 0) is 24.6 Å². The summed E-state index contributed by atoms with van der Waals surface area (Å²) in [5.41, 5.74) is -0.0746. The van der Waals surface area contributed by atoms with Crippen molar-refractivity contribution in [3.8, 4) is 0 Å². The van der Waals surface area contributed by atoms with Gasteiger partial charge < -0.3 is 5.32 Å². The van der Waals surface area contributed by atoms with E-state index < -0.39 is 15.4 Å². The fourth-order valence-corrected chi connectivity index (χ4v) is 2.36. The van der Waals surface area contributed by atoms with Crippen LogP contribution in [0.2, 0.25) is 5.02 Å². The molecule has 0 fully saturated rings. The Kier molecular flexibility index (Phi) is 4.60. The number of carbonyl (C=O) groups excluding carboxylic acids is 1. The van der Waals surface area contributed by atoms with E-state index in [2.05, 4.69) is 5.32 Å². The molecule has 0 bridgehead atoms. The van der Waals surface area contributed by atoms with Crippen molar-refractivity contribution in [3.05, 3.63) is 23.2 Å². The van der Waals surface area contributed by atoms with Gasteiger partial charge in [0, 0.05) is 11.1 Å². The number of benzene rings is 1. The fraction of sp³-hybridized carbons (Fsp3) is 0.417. The van der Waals surface area contributed by atoms with Crippen molar-refractivity contribution in [1.82, 2.24) is 0 Å². The Morgan fingerprint density at radius 2 is 2.00 bits per heavy atom. The summed E-state index contributed by atoms with van der Waals surface area (Å²) in [5, 5.41) is 7.67. The topological polar surface area (TPSA) is 89.3 Å². The summed E-state index contributed by atoms with van der Waals surface area (Å²) in [5.74, 6) is -0.158. The average Bonchev–Trinajstić information content (AvgIpc) is 2.27.